The molecule has 1 aromatic carbocycles. The van der Waals surface area contributed by atoms with Gasteiger partial charge in [-0.3, -0.25) is 4.18 Å². The Labute approximate surface area is 136 Å². The summed E-state index contributed by atoms with van der Waals surface area (Å²) in [4.78, 5) is 0. The molecule has 6 heteroatoms. The van der Waals surface area contributed by atoms with Crippen molar-refractivity contribution in [2.45, 2.75) is 31.8 Å². The molecule has 3 unspecified atom stereocenters. The molecule has 3 rings (SSSR count). The van der Waals surface area contributed by atoms with Crippen LogP contribution in [0.25, 0.3) is 0 Å². The van der Waals surface area contributed by atoms with Gasteiger partial charge in [0.15, 0.2) is 0 Å². The predicted octanol–water partition coefficient (Wildman–Crippen LogP) is 3.04. The van der Waals surface area contributed by atoms with Crippen LogP contribution in [0, 0.1) is 11.3 Å². The Morgan fingerprint density at radius 2 is 2.05 bits per heavy atom. The van der Waals surface area contributed by atoms with E-state index in [2.05, 4.69) is 6.92 Å². The Morgan fingerprint density at radius 3 is 2.59 bits per heavy atom. The van der Waals surface area contributed by atoms with Gasteiger partial charge in [-0.15, -0.1) is 0 Å². The molecule has 0 spiro atoms. The first-order chi connectivity index (χ1) is 10.2. The highest BCUT2D eigenvalue weighted by Gasteiger charge is 2.65. The van der Waals surface area contributed by atoms with E-state index in [0.29, 0.717) is 6.61 Å². The lowest BCUT2D eigenvalue weighted by molar-refractivity contribution is -0.271. The summed E-state index contributed by atoms with van der Waals surface area (Å²) in [6.07, 6.45) is 3.99. The molecular weight excluding hydrogens is 324 g/mol. The predicted molar refractivity (Wildman–Crippen MR) is 85.5 cm³/mol. The lowest BCUT2D eigenvalue weighted by atomic mass is 9.68. The van der Waals surface area contributed by atoms with E-state index in [4.69, 9.17) is 20.5 Å². The molecule has 0 radical (unpaired) electrons. The number of hydrogen-bond donors (Lipinski definition) is 0. The molecule has 0 aromatic heterocycles. The Kier molecular flexibility index (Phi) is 4.05. The second-order valence-electron chi connectivity index (χ2n) is 6.77. The first-order valence-corrected chi connectivity index (χ1v) is 9.66. The van der Waals surface area contributed by atoms with Gasteiger partial charge in [0.1, 0.15) is 5.60 Å². The van der Waals surface area contributed by atoms with Crippen molar-refractivity contribution in [2.24, 2.45) is 11.3 Å². The van der Waals surface area contributed by atoms with E-state index in [1.165, 1.54) is 5.56 Å². The standard InChI is InChI=1S/C16H21ClO4S/c1-15-8-7-13(9-12-3-5-14(17)6-4-12)16(15,20-10-15)11-21-22(2,18)19/h3-6,13H,7-11H2,1-2H3. The Bertz CT molecular complexity index is 657. The monoisotopic (exact) mass is 344 g/mol. The van der Waals surface area contributed by atoms with Crippen molar-refractivity contribution in [2.75, 3.05) is 19.5 Å². The molecule has 1 aliphatic heterocycles. The summed E-state index contributed by atoms with van der Waals surface area (Å²) in [5.41, 5.74) is 0.706. The summed E-state index contributed by atoms with van der Waals surface area (Å²) in [6, 6.07) is 7.79. The van der Waals surface area contributed by atoms with E-state index in [-0.39, 0.29) is 17.9 Å². The molecule has 1 heterocycles. The fourth-order valence-electron chi connectivity index (χ4n) is 3.82. The summed E-state index contributed by atoms with van der Waals surface area (Å²) in [6.45, 7) is 2.96. The molecule has 0 amide bonds. The first-order valence-electron chi connectivity index (χ1n) is 7.47. The van der Waals surface area contributed by atoms with Gasteiger partial charge in [0.2, 0.25) is 0 Å². The minimum absolute atomic E-state index is 0.00871. The highest BCUT2D eigenvalue weighted by Crippen LogP contribution is 2.60. The quantitative estimate of drug-likeness (QED) is 0.770. The van der Waals surface area contributed by atoms with Gasteiger partial charge in [-0.1, -0.05) is 30.7 Å². The first kappa shape index (κ1) is 16.2. The summed E-state index contributed by atoms with van der Waals surface area (Å²) in [5, 5.41) is 0.718. The average molecular weight is 345 g/mol. The maximum atomic E-state index is 11.4. The normalized spacial score (nSPS) is 34.2. The minimum Gasteiger partial charge on any atom is -0.371 e. The van der Waals surface area contributed by atoms with Crippen LogP contribution in [-0.2, 0) is 25.5 Å². The van der Waals surface area contributed by atoms with Crippen LogP contribution in [0.2, 0.25) is 5.02 Å². The van der Waals surface area contributed by atoms with Crippen LogP contribution in [0.4, 0.5) is 0 Å². The lowest BCUT2D eigenvalue weighted by Crippen LogP contribution is -2.64. The van der Waals surface area contributed by atoms with Crippen LogP contribution >= 0.6 is 11.6 Å². The second-order valence-corrected chi connectivity index (χ2v) is 8.85. The molecule has 4 nitrogen and oxygen atoms in total. The van der Waals surface area contributed by atoms with E-state index in [1.54, 1.807) is 0 Å². The van der Waals surface area contributed by atoms with E-state index >= 15 is 0 Å². The van der Waals surface area contributed by atoms with Crippen molar-refractivity contribution >= 4 is 21.7 Å². The van der Waals surface area contributed by atoms with E-state index in [1.807, 2.05) is 24.3 Å². The van der Waals surface area contributed by atoms with Gasteiger partial charge in [-0.05, 0) is 42.9 Å². The molecule has 122 valence electrons. The summed E-state index contributed by atoms with van der Waals surface area (Å²) >= 11 is 5.93. The van der Waals surface area contributed by atoms with Crippen LogP contribution in [0.5, 0.6) is 0 Å². The topological polar surface area (TPSA) is 52.6 Å². The molecule has 2 aliphatic rings. The fraction of sp³-hybridized carbons (Fsp3) is 0.625. The third kappa shape index (κ3) is 2.80. The number of halogens is 1. The smallest absolute Gasteiger partial charge is 0.264 e. The van der Waals surface area contributed by atoms with Gasteiger partial charge >= 0.3 is 0 Å². The zero-order valence-corrected chi connectivity index (χ0v) is 14.4. The molecule has 1 aliphatic carbocycles. The number of benzene rings is 1. The zero-order chi connectivity index (χ0) is 16.0. The Balaban J connectivity index is 1.79. The van der Waals surface area contributed by atoms with Crippen molar-refractivity contribution in [3.63, 3.8) is 0 Å². The van der Waals surface area contributed by atoms with Crippen molar-refractivity contribution in [3.8, 4) is 0 Å². The lowest BCUT2D eigenvalue weighted by Gasteiger charge is -2.55. The van der Waals surface area contributed by atoms with E-state index in [0.717, 1.165) is 30.5 Å². The van der Waals surface area contributed by atoms with Gasteiger partial charge in [-0.2, -0.15) is 8.42 Å². The molecule has 1 saturated carbocycles. The van der Waals surface area contributed by atoms with Crippen LogP contribution in [0.1, 0.15) is 25.3 Å². The molecule has 1 aromatic rings. The van der Waals surface area contributed by atoms with Gasteiger partial charge in [0.05, 0.1) is 19.5 Å². The van der Waals surface area contributed by atoms with Gasteiger partial charge in [0, 0.05) is 10.4 Å². The van der Waals surface area contributed by atoms with Gasteiger partial charge in [-0.25, -0.2) is 0 Å². The SMILES string of the molecule is CC12CCC(Cc3ccc(Cl)cc3)C1(COS(C)(=O)=O)OC2. The number of rotatable bonds is 5. The van der Waals surface area contributed by atoms with E-state index < -0.39 is 15.7 Å². The number of fused-ring (bicyclic) bond motifs is 1. The third-order valence-corrected chi connectivity index (χ3v) is 6.05. The fourth-order valence-corrected chi connectivity index (χ4v) is 4.34. The third-order valence-electron chi connectivity index (χ3n) is 5.26. The Hall–Kier alpha value is -0.620. The molecule has 1 saturated heterocycles. The highest BCUT2D eigenvalue weighted by molar-refractivity contribution is 7.85. The van der Waals surface area contributed by atoms with Crippen LogP contribution in [0.15, 0.2) is 24.3 Å². The van der Waals surface area contributed by atoms with Gasteiger partial charge in [0.25, 0.3) is 10.1 Å². The van der Waals surface area contributed by atoms with Crippen molar-refractivity contribution in [3.05, 3.63) is 34.9 Å². The molecule has 22 heavy (non-hydrogen) atoms. The van der Waals surface area contributed by atoms with E-state index in [9.17, 15) is 8.42 Å². The van der Waals surface area contributed by atoms with Gasteiger partial charge < -0.3 is 4.74 Å². The average Bonchev–Trinajstić information content (AvgIpc) is 2.60. The second kappa shape index (κ2) is 5.48. The zero-order valence-electron chi connectivity index (χ0n) is 12.8. The van der Waals surface area contributed by atoms with Crippen molar-refractivity contribution in [1.29, 1.82) is 0 Å². The Morgan fingerprint density at radius 1 is 1.36 bits per heavy atom. The summed E-state index contributed by atoms with van der Waals surface area (Å²) in [5.74, 6) is 0.258. The largest absolute Gasteiger partial charge is 0.371 e. The number of hydrogen-bond acceptors (Lipinski definition) is 4. The minimum atomic E-state index is -3.47. The van der Waals surface area contributed by atoms with Crippen LogP contribution in [-0.4, -0.2) is 33.5 Å². The highest BCUT2D eigenvalue weighted by atomic mass is 35.5. The maximum Gasteiger partial charge on any atom is 0.264 e. The van der Waals surface area contributed by atoms with Crippen molar-refractivity contribution in [1.82, 2.24) is 0 Å². The van der Waals surface area contributed by atoms with Crippen LogP contribution in [0.3, 0.4) is 0 Å². The number of ether oxygens (including phenoxy) is 1. The molecule has 0 bridgehead atoms. The van der Waals surface area contributed by atoms with Crippen molar-refractivity contribution < 1.29 is 17.3 Å². The molecular formula is C16H21ClO4S. The summed E-state index contributed by atoms with van der Waals surface area (Å²) < 4.78 is 33.8. The van der Waals surface area contributed by atoms with Crippen LogP contribution < -0.4 is 0 Å². The molecule has 0 N–H and O–H groups in total. The molecule has 3 atom stereocenters. The summed E-state index contributed by atoms with van der Waals surface area (Å²) in [7, 11) is -3.47. The molecule has 2 fully saturated rings. The maximum absolute atomic E-state index is 11.4.